The molecule has 0 unspecified atom stereocenters. The van der Waals surface area contributed by atoms with Crippen LogP contribution in [0.15, 0.2) is 11.6 Å². The summed E-state index contributed by atoms with van der Waals surface area (Å²) in [6.45, 7) is 10.6. The molecule has 3 nitrogen and oxygen atoms in total. The van der Waals surface area contributed by atoms with Crippen molar-refractivity contribution in [2.24, 2.45) is 34.0 Å². The number of allylic oxidation sites excluding steroid dienone is 2. The molecule has 0 aromatic heterocycles. The molecule has 2 fully saturated rings. The number of fused-ring (bicyclic) bond motifs is 3. The first kappa shape index (κ1) is 16.9. The molecular formula is C20H30O3. The van der Waals surface area contributed by atoms with Crippen LogP contribution in [0.5, 0.6) is 0 Å². The highest BCUT2D eigenvalue weighted by Gasteiger charge is 2.62. The first-order chi connectivity index (χ1) is 10.6. The predicted octanol–water partition coefficient (Wildman–Crippen LogP) is 3.55. The van der Waals surface area contributed by atoms with Crippen molar-refractivity contribution in [3.05, 3.63) is 11.6 Å². The molecule has 0 spiro atoms. The van der Waals surface area contributed by atoms with Crippen LogP contribution < -0.4 is 0 Å². The van der Waals surface area contributed by atoms with E-state index < -0.39 is 11.5 Å². The van der Waals surface area contributed by atoms with Gasteiger partial charge in [0.2, 0.25) is 0 Å². The molecule has 2 saturated carbocycles. The van der Waals surface area contributed by atoms with E-state index >= 15 is 0 Å². The molecule has 0 saturated heterocycles. The van der Waals surface area contributed by atoms with Crippen LogP contribution in [0.2, 0.25) is 0 Å². The summed E-state index contributed by atoms with van der Waals surface area (Å²) in [6.07, 6.45) is 5.44. The second-order valence-electron chi connectivity index (χ2n) is 9.37. The number of carbonyl (C=O) groups excluding carboxylic acids is 2. The average molecular weight is 318 g/mol. The molecule has 0 aliphatic heterocycles. The van der Waals surface area contributed by atoms with E-state index in [-0.39, 0.29) is 28.4 Å². The molecule has 0 aromatic carbocycles. The highest BCUT2D eigenvalue weighted by Crippen LogP contribution is 2.65. The number of aldehydes is 1. The highest BCUT2D eigenvalue weighted by molar-refractivity contribution is 5.99. The van der Waals surface area contributed by atoms with Crippen LogP contribution in [0.3, 0.4) is 0 Å². The third-order valence-corrected chi connectivity index (χ3v) is 7.38. The number of hydrogen-bond acceptors (Lipinski definition) is 3. The first-order valence-electron chi connectivity index (χ1n) is 8.98. The van der Waals surface area contributed by atoms with Crippen molar-refractivity contribution in [2.45, 2.75) is 66.4 Å². The van der Waals surface area contributed by atoms with Crippen molar-refractivity contribution < 1.29 is 14.7 Å². The summed E-state index contributed by atoms with van der Waals surface area (Å²) in [5.41, 5.74) is 0.328. The lowest BCUT2D eigenvalue weighted by Gasteiger charge is -2.59. The van der Waals surface area contributed by atoms with Gasteiger partial charge in [0, 0.05) is 10.8 Å². The molecule has 0 amide bonds. The second kappa shape index (κ2) is 5.02. The number of carbonyl (C=O) groups is 2. The number of hydrogen-bond donors (Lipinski definition) is 1. The molecule has 3 rings (SSSR count). The molecule has 0 radical (unpaired) electrons. The fourth-order valence-electron chi connectivity index (χ4n) is 5.80. The summed E-state index contributed by atoms with van der Waals surface area (Å²) in [7, 11) is 0. The largest absolute Gasteiger partial charge is 0.392 e. The van der Waals surface area contributed by atoms with E-state index in [1.165, 1.54) is 5.57 Å². The highest BCUT2D eigenvalue weighted by atomic mass is 16.3. The zero-order valence-corrected chi connectivity index (χ0v) is 15.1. The summed E-state index contributed by atoms with van der Waals surface area (Å²) < 4.78 is 0. The summed E-state index contributed by atoms with van der Waals surface area (Å²) in [5.74, 6) is 1.13. The van der Waals surface area contributed by atoms with Crippen molar-refractivity contribution in [1.82, 2.24) is 0 Å². The predicted molar refractivity (Wildman–Crippen MR) is 89.8 cm³/mol. The van der Waals surface area contributed by atoms with Gasteiger partial charge in [-0.05, 0) is 54.9 Å². The molecule has 0 heterocycles. The van der Waals surface area contributed by atoms with E-state index in [9.17, 15) is 14.7 Å². The van der Waals surface area contributed by atoms with Gasteiger partial charge in [0.15, 0.2) is 5.78 Å². The average Bonchev–Trinajstić information content (AvgIpc) is 2.74. The smallest absolute Gasteiger partial charge is 0.162 e. The Kier molecular flexibility index (Phi) is 3.68. The monoisotopic (exact) mass is 318 g/mol. The lowest BCUT2D eigenvalue weighted by molar-refractivity contribution is -0.155. The Labute approximate surface area is 139 Å². The zero-order chi connectivity index (χ0) is 17.2. The maximum absolute atomic E-state index is 12.7. The molecule has 3 aliphatic rings. The van der Waals surface area contributed by atoms with Gasteiger partial charge in [-0.2, -0.15) is 0 Å². The lowest BCUT2D eigenvalue weighted by atomic mass is 9.45. The fourth-order valence-corrected chi connectivity index (χ4v) is 5.80. The number of aliphatic hydroxyl groups excluding tert-OH is 1. The van der Waals surface area contributed by atoms with Gasteiger partial charge >= 0.3 is 0 Å². The third kappa shape index (κ3) is 2.19. The van der Waals surface area contributed by atoms with Gasteiger partial charge in [0.05, 0.1) is 6.10 Å². The quantitative estimate of drug-likeness (QED) is 0.792. The first-order valence-corrected chi connectivity index (χ1v) is 8.98. The van der Waals surface area contributed by atoms with Gasteiger partial charge in [-0.15, -0.1) is 0 Å². The van der Waals surface area contributed by atoms with E-state index in [4.69, 9.17) is 0 Å². The molecule has 0 bridgehead atoms. The van der Waals surface area contributed by atoms with Gasteiger partial charge in [0.25, 0.3) is 0 Å². The van der Waals surface area contributed by atoms with Crippen LogP contribution in [-0.4, -0.2) is 23.3 Å². The molecule has 128 valence electrons. The van der Waals surface area contributed by atoms with Gasteiger partial charge in [-0.3, -0.25) is 4.79 Å². The van der Waals surface area contributed by atoms with Crippen molar-refractivity contribution in [3.63, 3.8) is 0 Å². The second-order valence-corrected chi connectivity index (χ2v) is 9.37. The van der Waals surface area contributed by atoms with Crippen LogP contribution in [0.1, 0.15) is 60.3 Å². The molecular weight excluding hydrogens is 288 g/mol. The Morgan fingerprint density at radius 1 is 1.26 bits per heavy atom. The molecule has 3 heteroatoms. The van der Waals surface area contributed by atoms with Gasteiger partial charge in [0.1, 0.15) is 6.29 Å². The topological polar surface area (TPSA) is 54.4 Å². The van der Waals surface area contributed by atoms with Gasteiger partial charge in [-0.25, -0.2) is 0 Å². The fraction of sp³-hybridized carbons (Fsp3) is 0.800. The van der Waals surface area contributed by atoms with Crippen LogP contribution >= 0.6 is 0 Å². The van der Waals surface area contributed by atoms with E-state index in [0.29, 0.717) is 12.3 Å². The minimum atomic E-state index is -0.649. The van der Waals surface area contributed by atoms with Crippen LogP contribution in [0.25, 0.3) is 0 Å². The lowest BCUT2D eigenvalue weighted by Crippen LogP contribution is -2.56. The molecule has 6 atom stereocenters. The molecule has 23 heavy (non-hydrogen) atoms. The summed E-state index contributed by atoms with van der Waals surface area (Å²) in [4.78, 5) is 24.3. The normalized spacial score (nSPS) is 49.6. The van der Waals surface area contributed by atoms with Crippen molar-refractivity contribution in [2.75, 3.05) is 0 Å². The Bertz CT molecular complexity index is 577. The Balaban J connectivity index is 2.04. The van der Waals surface area contributed by atoms with E-state index in [0.717, 1.165) is 25.5 Å². The van der Waals surface area contributed by atoms with Crippen LogP contribution in [0, 0.1) is 34.0 Å². The van der Waals surface area contributed by atoms with Crippen molar-refractivity contribution >= 4 is 12.1 Å². The van der Waals surface area contributed by atoms with Crippen molar-refractivity contribution in [1.29, 1.82) is 0 Å². The number of ketones is 1. The molecule has 3 aliphatic carbocycles. The maximum Gasteiger partial charge on any atom is 0.162 e. The minimum Gasteiger partial charge on any atom is -0.392 e. The Morgan fingerprint density at radius 2 is 1.91 bits per heavy atom. The Hall–Kier alpha value is -0.960. The Morgan fingerprint density at radius 3 is 2.48 bits per heavy atom. The summed E-state index contributed by atoms with van der Waals surface area (Å²) >= 11 is 0. The third-order valence-electron chi connectivity index (χ3n) is 7.38. The van der Waals surface area contributed by atoms with Crippen molar-refractivity contribution in [3.8, 4) is 0 Å². The van der Waals surface area contributed by atoms with Gasteiger partial charge < -0.3 is 9.90 Å². The van der Waals surface area contributed by atoms with E-state index in [1.54, 1.807) is 0 Å². The van der Waals surface area contributed by atoms with E-state index in [1.807, 2.05) is 13.0 Å². The minimum absolute atomic E-state index is 0.0255. The number of aliphatic hydroxyl groups is 1. The van der Waals surface area contributed by atoms with Crippen LogP contribution in [0.4, 0.5) is 0 Å². The summed E-state index contributed by atoms with van der Waals surface area (Å²) in [5, 5.41) is 10.6. The standard InChI is InChI=1S/C20H30O3/c1-12(2)13-8-16(23)20(5)7-6-18(3)10-19(4,11-21)15(22)9-14(18)17(13)20/h8,11-12,14-15,17,22H,6-7,9-10H2,1-5H3/t14-,15-,17-,18+,19-,20-/m1/s1. The van der Waals surface area contributed by atoms with Crippen LogP contribution in [-0.2, 0) is 9.59 Å². The van der Waals surface area contributed by atoms with E-state index in [2.05, 4.69) is 27.7 Å². The molecule has 1 N–H and O–H groups in total. The SMILES string of the molecule is CC(C)C1=CC(=O)[C@@]2(C)CC[C@@]3(C)C[C@](C)(C=O)[C@H](O)C[C@@H]3[C@@H]12. The zero-order valence-electron chi connectivity index (χ0n) is 15.1. The number of rotatable bonds is 2. The maximum atomic E-state index is 12.7. The summed E-state index contributed by atoms with van der Waals surface area (Å²) in [6, 6.07) is 0. The molecule has 0 aromatic rings. The van der Waals surface area contributed by atoms with Gasteiger partial charge in [-0.1, -0.05) is 40.2 Å².